The summed E-state index contributed by atoms with van der Waals surface area (Å²) >= 11 is 1.62. The van der Waals surface area contributed by atoms with Crippen LogP contribution in [0.3, 0.4) is 0 Å². The van der Waals surface area contributed by atoms with Gasteiger partial charge < -0.3 is 5.32 Å². The predicted molar refractivity (Wildman–Crippen MR) is 54.3 cm³/mol. The fourth-order valence-corrected chi connectivity index (χ4v) is 1.71. The first kappa shape index (κ1) is 9.82. The number of hydrogen-bond donors (Lipinski definition) is 1. The first-order chi connectivity index (χ1) is 6.24. The molecule has 1 atom stereocenters. The molecule has 68 valence electrons. The molecule has 1 rings (SSSR count). The summed E-state index contributed by atoms with van der Waals surface area (Å²) in [6.07, 6.45) is 0. The lowest BCUT2D eigenvalue weighted by molar-refractivity contribution is -0.116. The Morgan fingerprint density at radius 1 is 1.69 bits per heavy atom. The zero-order valence-corrected chi connectivity index (χ0v) is 8.44. The molecule has 0 bridgehead atoms. The van der Waals surface area contributed by atoms with Gasteiger partial charge in [-0.25, -0.2) is 0 Å². The lowest BCUT2D eigenvalue weighted by atomic mass is 10.2. The van der Waals surface area contributed by atoms with Crippen molar-refractivity contribution in [3.8, 4) is 11.8 Å². The summed E-state index contributed by atoms with van der Waals surface area (Å²) in [5.74, 6) is 4.78. The van der Waals surface area contributed by atoms with Crippen molar-refractivity contribution < 1.29 is 4.79 Å². The van der Waals surface area contributed by atoms with Crippen LogP contribution < -0.4 is 5.32 Å². The van der Waals surface area contributed by atoms with Gasteiger partial charge in [-0.3, -0.25) is 4.79 Å². The molecule has 1 aromatic heterocycles. The number of carbonyl (C=O) groups excluding carboxylic acids is 1. The Bertz CT molecular complexity index is 332. The second-order valence-electron chi connectivity index (χ2n) is 2.63. The van der Waals surface area contributed by atoms with Crippen LogP contribution in [-0.4, -0.2) is 5.91 Å². The molecule has 0 aromatic carbocycles. The van der Waals surface area contributed by atoms with Crippen LogP contribution in [0.2, 0.25) is 0 Å². The third kappa shape index (κ3) is 2.92. The maximum Gasteiger partial charge on any atom is 0.296 e. The Morgan fingerprint density at radius 3 is 3.00 bits per heavy atom. The van der Waals surface area contributed by atoms with Crippen LogP contribution in [-0.2, 0) is 4.79 Å². The van der Waals surface area contributed by atoms with E-state index in [-0.39, 0.29) is 11.9 Å². The molecule has 0 aliphatic rings. The Balaban J connectivity index is 2.54. The Morgan fingerprint density at radius 2 is 2.46 bits per heavy atom. The van der Waals surface area contributed by atoms with Crippen LogP contribution in [0.25, 0.3) is 0 Å². The van der Waals surface area contributed by atoms with Crippen LogP contribution in [0.4, 0.5) is 0 Å². The molecule has 1 unspecified atom stereocenters. The molecule has 1 heterocycles. The highest BCUT2D eigenvalue weighted by Crippen LogP contribution is 2.14. The normalized spacial score (nSPS) is 11.2. The van der Waals surface area contributed by atoms with Gasteiger partial charge in [0.05, 0.1) is 6.04 Å². The van der Waals surface area contributed by atoms with Crippen LogP contribution in [0.5, 0.6) is 0 Å². The first-order valence-electron chi connectivity index (χ1n) is 3.99. The summed E-state index contributed by atoms with van der Waals surface area (Å²) in [6, 6.07) is 2.04. The maximum absolute atomic E-state index is 11.1. The van der Waals surface area contributed by atoms with Gasteiger partial charge in [0.2, 0.25) is 0 Å². The minimum atomic E-state index is -0.221. The highest BCUT2D eigenvalue weighted by atomic mass is 32.1. The second-order valence-corrected chi connectivity index (χ2v) is 3.41. The molecule has 1 N–H and O–H groups in total. The molecule has 0 saturated heterocycles. The summed E-state index contributed by atoms with van der Waals surface area (Å²) in [6.45, 7) is 3.59. The van der Waals surface area contributed by atoms with Crippen molar-refractivity contribution in [1.29, 1.82) is 0 Å². The lowest BCUT2D eigenvalue weighted by Gasteiger charge is -2.08. The average molecular weight is 193 g/mol. The standard InChI is InChI=1S/C10H11NOS/c1-3-4-10(12)11-8(2)9-5-6-13-7-9/h5-8H,1-2H3,(H,11,12). The van der Waals surface area contributed by atoms with Gasteiger partial charge in [0.15, 0.2) is 0 Å². The number of thiophene rings is 1. The minimum Gasteiger partial charge on any atom is -0.339 e. The van der Waals surface area contributed by atoms with Crippen LogP contribution in [0.1, 0.15) is 25.5 Å². The Labute approximate surface area is 82.0 Å². The van der Waals surface area contributed by atoms with Crippen molar-refractivity contribution >= 4 is 17.2 Å². The molecule has 1 amide bonds. The van der Waals surface area contributed by atoms with E-state index < -0.39 is 0 Å². The number of amides is 1. The number of carbonyl (C=O) groups is 1. The maximum atomic E-state index is 11.1. The second kappa shape index (κ2) is 4.68. The van der Waals surface area contributed by atoms with Gasteiger partial charge in [0.25, 0.3) is 5.91 Å². The number of hydrogen-bond acceptors (Lipinski definition) is 2. The minimum absolute atomic E-state index is 0.0413. The van der Waals surface area contributed by atoms with E-state index in [9.17, 15) is 4.79 Å². The average Bonchev–Trinajstić information content (AvgIpc) is 2.55. The van der Waals surface area contributed by atoms with E-state index in [4.69, 9.17) is 0 Å². The molecule has 2 nitrogen and oxygen atoms in total. The van der Waals surface area contributed by atoms with Crippen molar-refractivity contribution in [2.75, 3.05) is 0 Å². The van der Waals surface area contributed by atoms with Crippen molar-refractivity contribution in [2.45, 2.75) is 19.9 Å². The number of rotatable bonds is 2. The zero-order chi connectivity index (χ0) is 9.68. The third-order valence-electron chi connectivity index (χ3n) is 1.63. The molecule has 13 heavy (non-hydrogen) atoms. The Hall–Kier alpha value is -1.27. The van der Waals surface area contributed by atoms with E-state index in [1.165, 1.54) is 0 Å². The molecule has 0 spiro atoms. The van der Waals surface area contributed by atoms with E-state index >= 15 is 0 Å². The van der Waals surface area contributed by atoms with E-state index in [0.717, 1.165) is 5.56 Å². The molecule has 0 fully saturated rings. The van der Waals surface area contributed by atoms with Gasteiger partial charge in [-0.1, -0.05) is 5.92 Å². The van der Waals surface area contributed by atoms with Crippen molar-refractivity contribution in [3.63, 3.8) is 0 Å². The topological polar surface area (TPSA) is 29.1 Å². The largest absolute Gasteiger partial charge is 0.339 e. The Kier molecular flexibility index (Phi) is 3.53. The monoisotopic (exact) mass is 193 g/mol. The SMILES string of the molecule is CC#CC(=O)NC(C)c1ccsc1. The van der Waals surface area contributed by atoms with Crippen molar-refractivity contribution in [2.24, 2.45) is 0 Å². The predicted octanol–water partition coefficient (Wildman–Crippen LogP) is 1.95. The van der Waals surface area contributed by atoms with Crippen LogP contribution in [0.15, 0.2) is 16.8 Å². The van der Waals surface area contributed by atoms with Gasteiger partial charge in [-0.05, 0) is 42.2 Å². The van der Waals surface area contributed by atoms with Gasteiger partial charge in [-0.15, -0.1) is 0 Å². The van der Waals surface area contributed by atoms with E-state index in [0.29, 0.717) is 0 Å². The van der Waals surface area contributed by atoms with Gasteiger partial charge >= 0.3 is 0 Å². The van der Waals surface area contributed by atoms with E-state index in [1.807, 2.05) is 23.8 Å². The summed E-state index contributed by atoms with van der Waals surface area (Å²) < 4.78 is 0. The highest BCUT2D eigenvalue weighted by molar-refractivity contribution is 7.07. The van der Waals surface area contributed by atoms with Gasteiger partial charge in [-0.2, -0.15) is 11.3 Å². The third-order valence-corrected chi connectivity index (χ3v) is 2.33. The highest BCUT2D eigenvalue weighted by Gasteiger charge is 2.06. The molecule has 0 saturated carbocycles. The molecule has 3 heteroatoms. The van der Waals surface area contributed by atoms with Crippen molar-refractivity contribution in [3.05, 3.63) is 22.4 Å². The first-order valence-corrected chi connectivity index (χ1v) is 4.93. The van der Waals surface area contributed by atoms with E-state index in [1.54, 1.807) is 18.3 Å². The van der Waals surface area contributed by atoms with Crippen LogP contribution in [0, 0.1) is 11.8 Å². The molecule has 0 radical (unpaired) electrons. The summed E-state index contributed by atoms with van der Waals surface area (Å²) in [7, 11) is 0. The lowest BCUT2D eigenvalue weighted by Crippen LogP contribution is -2.24. The summed E-state index contributed by atoms with van der Waals surface area (Å²) in [5.41, 5.74) is 1.12. The molecule has 0 aliphatic carbocycles. The molecule has 0 aliphatic heterocycles. The number of nitrogens with one attached hydrogen (secondary N) is 1. The van der Waals surface area contributed by atoms with Gasteiger partial charge in [0, 0.05) is 0 Å². The fraction of sp³-hybridized carbons (Fsp3) is 0.300. The van der Waals surface area contributed by atoms with Gasteiger partial charge in [0.1, 0.15) is 0 Å². The summed E-state index contributed by atoms with van der Waals surface area (Å²) in [4.78, 5) is 11.1. The zero-order valence-electron chi connectivity index (χ0n) is 7.63. The molecular formula is C10H11NOS. The summed E-state index contributed by atoms with van der Waals surface area (Å²) in [5, 5.41) is 6.79. The quantitative estimate of drug-likeness (QED) is 0.715. The van der Waals surface area contributed by atoms with E-state index in [2.05, 4.69) is 17.2 Å². The fourth-order valence-electron chi connectivity index (χ4n) is 0.951. The smallest absolute Gasteiger partial charge is 0.296 e. The molecule has 1 aromatic rings. The molecular weight excluding hydrogens is 182 g/mol. The van der Waals surface area contributed by atoms with Crippen molar-refractivity contribution in [1.82, 2.24) is 5.32 Å². The van der Waals surface area contributed by atoms with Crippen LogP contribution >= 0.6 is 11.3 Å².